The molecule has 0 amide bonds. The van der Waals surface area contributed by atoms with E-state index >= 15 is 0 Å². The average Bonchev–Trinajstić information content (AvgIpc) is 2.61. The third-order valence-electron chi connectivity index (χ3n) is 2.06. The molecule has 80 valence electrons. The highest BCUT2D eigenvalue weighted by Gasteiger charge is 2.02. The van der Waals surface area contributed by atoms with Crippen LogP contribution in [-0.4, -0.2) is 16.1 Å². The maximum atomic E-state index is 5.63. The van der Waals surface area contributed by atoms with Crippen LogP contribution in [0.1, 0.15) is 42.6 Å². The van der Waals surface area contributed by atoms with Crippen molar-refractivity contribution in [1.82, 2.24) is 10.2 Å². The molecule has 0 bridgehead atoms. The van der Waals surface area contributed by atoms with Gasteiger partial charge in [-0.15, -0.1) is 33.1 Å². The fraction of sp³-hybridized carbons (Fsp3) is 0.800. The molecule has 0 saturated heterocycles. The smallest absolute Gasteiger partial charge is 0.118 e. The summed E-state index contributed by atoms with van der Waals surface area (Å²) >= 11 is 7.34. The summed E-state index contributed by atoms with van der Waals surface area (Å²) in [5.74, 6) is 0.643. The van der Waals surface area contributed by atoms with E-state index < -0.39 is 0 Å². The van der Waals surface area contributed by atoms with Crippen LogP contribution in [0.15, 0.2) is 0 Å². The first kappa shape index (κ1) is 11.9. The van der Waals surface area contributed by atoms with Crippen molar-refractivity contribution >= 4 is 22.9 Å². The second-order valence-corrected chi connectivity index (χ2v) is 4.86. The second-order valence-electron chi connectivity index (χ2n) is 3.34. The van der Waals surface area contributed by atoms with Crippen molar-refractivity contribution in [2.24, 2.45) is 0 Å². The van der Waals surface area contributed by atoms with Crippen LogP contribution in [-0.2, 0) is 12.8 Å². The highest BCUT2D eigenvalue weighted by molar-refractivity contribution is 7.11. The first-order valence-corrected chi connectivity index (χ1v) is 6.59. The number of hydrogen-bond acceptors (Lipinski definition) is 3. The maximum absolute atomic E-state index is 5.63. The molecule has 1 aromatic heterocycles. The Bertz CT molecular complexity index is 250. The summed E-state index contributed by atoms with van der Waals surface area (Å²) in [6.45, 7) is 2.23. The molecule has 2 nitrogen and oxygen atoms in total. The van der Waals surface area contributed by atoms with Crippen LogP contribution in [0.4, 0.5) is 0 Å². The Kier molecular flexibility index (Phi) is 6.12. The number of alkyl halides is 1. The van der Waals surface area contributed by atoms with E-state index in [2.05, 4.69) is 17.1 Å². The van der Waals surface area contributed by atoms with E-state index in [-0.39, 0.29) is 0 Å². The Morgan fingerprint density at radius 2 is 1.79 bits per heavy atom. The summed E-state index contributed by atoms with van der Waals surface area (Å²) in [5, 5.41) is 10.5. The Hall–Kier alpha value is -0.150. The van der Waals surface area contributed by atoms with Crippen LogP contribution in [0, 0.1) is 0 Å². The molecule has 0 aliphatic carbocycles. The van der Waals surface area contributed by atoms with Crippen molar-refractivity contribution in [1.29, 1.82) is 0 Å². The van der Waals surface area contributed by atoms with E-state index in [4.69, 9.17) is 11.6 Å². The minimum atomic E-state index is 0.643. The summed E-state index contributed by atoms with van der Waals surface area (Å²) in [6.07, 6.45) is 7.10. The van der Waals surface area contributed by atoms with Crippen LogP contribution < -0.4 is 0 Å². The van der Waals surface area contributed by atoms with Gasteiger partial charge in [-0.05, 0) is 6.42 Å². The summed E-state index contributed by atoms with van der Waals surface area (Å²) in [6, 6.07) is 0. The minimum Gasteiger partial charge on any atom is -0.144 e. The summed E-state index contributed by atoms with van der Waals surface area (Å²) < 4.78 is 0. The number of hydrogen-bond donors (Lipinski definition) is 0. The van der Waals surface area contributed by atoms with Gasteiger partial charge in [0.05, 0.1) is 0 Å². The molecule has 0 aromatic carbocycles. The van der Waals surface area contributed by atoms with Gasteiger partial charge in [0, 0.05) is 18.7 Å². The van der Waals surface area contributed by atoms with E-state index in [0.29, 0.717) is 5.88 Å². The van der Waals surface area contributed by atoms with E-state index in [1.54, 1.807) is 11.3 Å². The van der Waals surface area contributed by atoms with Crippen LogP contribution in [0.25, 0.3) is 0 Å². The summed E-state index contributed by atoms with van der Waals surface area (Å²) in [5.41, 5.74) is 0. The number of aryl methyl sites for hydroxylation is 2. The number of aromatic nitrogens is 2. The topological polar surface area (TPSA) is 25.8 Å². The summed E-state index contributed by atoms with van der Waals surface area (Å²) in [7, 11) is 0. The second kappa shape index (κ2) is 7.18. The quantitative estimate of drug-likeness (QED) is 0.532. The zero-order valence-electron chi connectivity index (χ0n) is 8.63. The number of rotatable bonds is 7. The highest BCUT2D eigenvalue weighted by Crippen LogP contribution is 2.14. The van der Waals surface area contributed by atoms with E-state index in [0.717, 1.165) is 17.8 Å². The third kappa shape index (κ3) is 4.38. The molecule has 1 heterocycles. The lowest BCUT2D eigenvalue weighted by atomic mass is 10.2. The van der Waals surface area contributed by atoms with Gasteiger partial charge in [0.1, 0.15) is 10.0 Å². The zero-order valence-corrected chi connectivity index (χ0v) is 10.2. The van der Waals surface area contributed by atoms with Gasteiger partial charge in [-0.25, -0.2) is 0 Å². The molecule has 0 radical (unpaired) electrons. The SMILES string of the molecule is CCCCCCc1nnc(CCCl)s1. The highest BCUT2D eigenvalue weighted by atomic mass is 35.5. The van der Waals surface area contributed by atoms with Gasteiger partial charge in [0.15, 0.2) is 0 Å². The molecule has 4 heteroatoms. The standard InChI is InChI=1S/C10H17ClN2S/c1-2-3-4-5-6-9-12-13-10(14-9)7-8-11/h2-8H2,1H3. The van der Waals surface area contributed by atoms with Crippen molar-refractivity contribution in [2.75, 3.05) is 5.88 Å². The molecule has 0 aliphatic rings. The molecule has 0 atom stereocenters. The molecule has 14 heavy (non-hydrogen) atoms. The number of nitrogens with zero attached hydrogens (tertiary/aromatic N) is 2. The lowest BCUT2D eigenvalue weighted by Gasteiger charge is -1.94. The van der Waals surface area contributed by atoms with Gasteiger partial charge in [-0.1, -0.05) is 26.2 Å². The molecule has 0 aliphatic heterocycles. The van der Waals surface area contributed by atoms with Gasteiger partial charge in [-0.2, -0.15) is 0 Å². The van der Waals surface area contributed by atoms with Crippen LogP contribution in [0.3, 0.4) is 0 Å². The molecule has 1 rings (SSSR count). The molecule has 1 aromatic rings. The Morgan fingerprint density at radius 3 is 2.43 bits per heavy atom. The maximum Gasteiger partial charge on any atom is 0.118 e. The fourth-order valence-electron chi connectivity index (χ4n) is 1.27. The van der Waals surface area contributed by atoms with E-state index in [9.17, 15) is 0 Å². The monoisotopic (exact) mass is 232 g/mol. The van der Waals surface area contributed by atoms with Crippen molar-refractivity contribution in [3.63, 3.8) is 0 Å². The van der Waals surface area contributed by atoms with Gasteiger partial charge >= 0.3 is 0 Å². The molecule has 0 N–H and O–H groups in total. The van der Waals surface area contributed by atoms with Crippen LogP contribution in [0.5, 0.6) is 0 Å². The molecular formula is C10H17ClN2S. The molecular weight excluding hydrogens is 216 g/mol. The molecule has 0 fully saturated rings. The predicted molar refractivity (Wildman–Crippen MR) is 62.2 cm³/mol. The molecule has 0 spiro atoms. The summed E-state index contributed by atoms with van der Waals surface area (Å²) in [4.78, 5) is 0. The largest absolute Gasteiger partial charge is 0.144 e. The average molecular weight is 233 g/mol. The molecule has 0 saturated carbocycles. The van der Waals surface area contributed by atoms with Crippen molar-refractivity contribution in [3.8, 4) is 0 Å². The normalized spacial score (nSPS) is 10.7. The zero-order chi connectivity index (χ0) is 10.2. The van der Waals surface area contributed by atoms with E-state index in [1.165, 1.54) is 30.7 Å². The van der Waals surface area contributed by atoms with Gasteiger partial charge in [-0.3, -0.25) is 0 Å². The number of unbranched alkanes of at least 4 members (excludes halogenated alkanes) is 3. The minimum absolute atomic E-state index is 0.643. The Labute approximate surface area is 94.7 Å². The van der Waals surface area contributed by atoms with Gasteiger partial charge < -0.3 is 0 Å². The van der Waals surface area contributed by atoms with Crippen molar-refractivity contribution in [2.45, 2.75) is 45.4 Å². The lowest BCUT2D eigenvalue weighted by Crippen LogP contribution is -1.85. The Balaban J connectivity index is 2.22. The van der Waals surface area contributed by atoms with Crippen LogP contribution >= 0.6 is 22.9 Å². The molecule has 0 unspecified atom stereocenters. The fourth-order valence-corrected chi connectivity index (χ4v) is 2.45. The third-order valence-corrected chi connectivity index (χ3v) is 3.29. The van der Waals surface area contributed by atoms with Gasteiger partial charge in [0.25, 0.3) is 0 Å². The first-order valence-electron chi connectivity index (χ1n) is 5.24. The van der Waals surface area contributed by atoms with Crippen LogP contribution in [0.2, 0.25) is 0 Å². The lowest BCUT2D eigenvalue weighted by molar-refractivity contribution is 0.662. The predicted octanol–water partition coefficient (Wildman–Crippen LogP) is 3.44. The van der Waals surface area contributed by atoms with Crippen molar-refractivity contribution < 1.29 is 0 Å². The van der Waals surface area contributed by atoms with Gasteiger partial charge in [0.2, 0.25) is 0 Å². The van der Waals surface area contributed by atoms with Crippen molar-refractivity contribution in [3.05, 3.63) is 10.0 Å². The Morgan fingerprint density at radius 1 is 1.07 bits per heavy atom. The number of halogens is 1. The van der Waals surface area contributed by atoms with E-state index in [1.807, 2.05) is 0 Å². The first-order chi connectivity index (χ1) is 6.86.